The quantitative estimate of drug-likeness (QED) is 0.169. The Bertz CT molecular complexity index is 3410. The van der Waals surface area contributed by atoms with E-state index in [1.54, 1.807) is 0 Å². The molecule has 4 heteroatoms. The summed E-state index contributed by atoms with van der Waals surface area (Å²) in [6, 6.07) is 59.3. The molecule has 59 heavy (non-hydrogen) atoms. The molecule has 0 fully saturated rings. The van der Waals surface area contributed by atoms with E-state index >= 15 is 0 Å². The second-order valence-corrected chi connectivity index (χ2v) is 16.3. The van der Waals surface area contributed by atoms with Crippen molar-refractivity contribution in [3.05, 3.63) is 192 Å². The van der Waals surface area contributed by atoms with Crippen molar-refractivity contribution in [2.75, 3.05) is 9.80 Å². The summed E-state index contributed by atoms with van der Waals surface area (Å²) in [5, 5.41) is 8.93. The van der Waals surface area contributed by atoms with E-state index < -0.39 is 0 Å². The maximum atomic E-state index is 6.79. The van der Waals surface area contributed by atoms with Gasteiger partial charge in [-0.3, -0.25) is 0 Å². The molecular weight excluding hydrogens is 721 g/mol. The fourth-order valence-corrected chi connectivity index (χ4v) is 9.31. The first-order chi connectivity index (χ1) is 28.7. The zero-order chi connectivity index (χ0) is 39.9. The van der Waals surface area contributed by atoms with Crippen LogP contribution in [0.5, 0.6) is 0 Å². The average molecular weight is 763 g/mol. The Morgan fingerprint density at radius 2 is 0.780 bits per heavy atom. The number of anilines is 6. The first-order valence-corrected chi connectivity index (χ1v) is 20.3. The summed E-state index contributed by atoms with van der Waals surface area (Å²) in [5.41, 5.74) is 16.2. The van der Waals surface area contributed by atoms with Crippen molar-refractivity contribution in [2.45, 2.75) is 34.6 Å². The van der Waals surface area contributed by atoms with E-state index in [0.717, 1.165) is 105 Å². The lowest BCUT2D eigenvalue weighted by molar-refractivity contribution is 0.660. The minimum Gasteiger partial charge on any atom is -0.456 e. The minimum absolute atomic E-state index is 0.862. The number of nitrogens with zero attached hydrogens (tertiary/aromatic N) is 2. The van der Waals surface area contributed by atoms with Crippen molar-refractivity contribution < 1.29 is 8.83 Å². The van der Waals surface area contributed by atoms with Crippen LogP contribution in [0, 0.1) is 34.6 Å². The zero-order valence-electron chi connectivity index (χ0n) is 33.8. The van der Waals surface area contributed by atoms with Gasteiger partial charge in [0.2, 0.25) is 0 Å². The van der Waals surface area contributed by atoms with Gasteiger partial charge in [0.05, 0.1) is 0 Å². The summed E-state index contributed by atoms with van der Waals surface area (Å²) in [5.74, 6) is 0. The molecule has 2 aromatic heterocycles. The highest BCUT2D eigenvalue weighted by atomic mass is 16.3. The predicted octanol–water partition coefficient (Wildman–Crippen LogP) is 16.3. The highest BCUT2D eigenvalue weighted by Gasteiger charge is 2.21. The molecule has 0 radical (unpaired) electrons. The largest absolute Gasteiger partial charge is 0.456 e. The van der Waals surface area contributed by atoms with E-state index in [4.69, 9.17) is 8.83 Å². The fraction of sp³-hybridized carbons (Fsp3) is 0.0909. The van der Waals surface area contributed by atoms with Crippen LogP contribution >= 0.6 is 0 Å². The number of hydrogen-bond donors (Lipinski definition) is 0. The van der Waals surface area contributed by atoms with Crippen LogP contribution in [0.2, 0.25) is 0 Å². The summed E-state index contributed by atoms with van der Waals surface area (Å²) in [7, 11) is 0. The Morgan fingerprint density at radius 3 is 1.27 bits per heavy atom. The van der Waals surface area contributed by atoms with Crippen LogP contribution in [0.4, 0.5) is 34.1 Å². The van der Waals surface area contributed by atoms with Gasteiger partial charge in [-0.2, -0.15) is 0 Å². The molecule has 0 N–H and O–H groups in total. The third-order valence-corrected chi connectivity index (χ3v) is 11.7. The molecule has 0 saturated heterocycles. The van der Waals surface area contributed by atoms with Crippen molar-refractivity contribution in [1.29, 1.82) is 0 Å². The molecule has 11 rings (SSSR count). The van der Waals surface area contributed by atoms with Crippen molar-refractivity contribution >= 4 is 99.5 Å². The monoisotopic (exact) mass is 762 g/mol. The molecule has 9 aromatic carbocycles. The third kappa shape index (κ3) is 5.90. The number of furan rings is 2. The molecule has 0 bridgehead atoms. The second-order valence-electron chi connectivity index (χ2n) is 16.3. The zero-order valence-corrected chi connectivity index (χ0v) is 33.8. The molecule has 0 aliphatic carbocycles. The number of hydrogen-bond acceptors (Lipinski definition) is 4. The molecule has 0 spiro atoms. The Labute approximate surface area is 343 Å². The maximum Gasteiger partial charge on any atom is 0.139 e. The number of para-hydroxylation sites is 2. The van der Waals surface area contributed by atoms with Crippen LogP contribution in [0.3, 0.4) is 0 Å². The number of fused-ring (bicyclic) bond motifs is 9. The van der Waals surface area contributed by atoms with Crippen LogP contribution in [-0.2, 0) is 0 Å². The first-order valence-electron chi connectivity index (χ1n) is 20.3. The minimum atomic E-state index is 0.862. The van der Waals surface area contributed by atoms with Gasteiger partial charge in [-0.05, 0) is 187 Å². The molecule has 0 aliphatic heterocycles. The van der Waals surface area contributed by atoms with E-state index in [1.165, 1.54) is 22.3 Å². The second kappa shape index (κ2) is 13.4. The summed E-state index contributed by atoms with van der Waals surface area (Å²) in [6.07, 6.45) is 0. The first kappa shape index (κ1) is 34.9. The van der Waals surface area contributed by atoms with Gasteiger partial charge in [0, 0.05) is 55.7 Å². The van der Waals surface area contributed by atoms with Gasteiger partial charge in [-0.1, -0.05) is 60.7 Å². The number of benzene rings is 9. The normalized spacial score (nSPS) is 11.8. The van der Waals surface area contributed by atoms with Crippen molar-refractivity contribution in [3.8, 4) is 0 Å². The standard InChI is InChI=1S/C55H42N2O2/c1-33-20-34(2)23-46(22-33)56(42-12-8-6-9-13-42)44-18-16-38-29-48-50(31-40(38)27-44)58-52-26-37(5)55-54(53(48)52)49-30-39-17-19-45(28-41(39)32-51(49)59-55)57(43-14-10-7-11-15-43)47-24-35(3)21-36(4)25-47/h6-32H,1-5H3. The Kier molecular flexibility index (Phi) is 7.92. The van der Waals surface area contributed by atoms with E-state index in [0.29, 0.717) is 0 Å². The van der Waals surface area contributed by atoms with E-state index in [9.17, 15) is 0 Å². The highest BCUT2D eigenvalue weighted by Crippen LogP contribution is 2.45. The lowest BCUT2D eigenvalue weighted by Crippen LogP contribution is -2.10. The smallest absolute Gasteiger partial charge is 0.139 e. The van der Waals surface area contributed by atoms with Crippen molar-refractivity contribution in [1.82, 2.24) is 0 Å². The average Bonchev–Trinajstić information content (AvgIpc) is 3.76. The van der Waals surface area contributed by atoms with Crippen LogP contribution in [0.25, 0.3) is 65.4 Å². The lowest BCUT2D eigenvalue weighted by atomic mass is 9.99. The van der Waals surface area contributed by atoms with E-state index in [1.807, 2.05) is 0 Å². The topological polar surface area (TPSA) is 32.8 Å². The molecule has 284 valence electrons. The Balaban J connectivity index is 1.06. The molecule has 0 aliphatic rings. The van der Waals surface area contributed by atoms with Crippen LogP contribution in [-0.4, -0.2) is 0 Å². The maximum absolute atomic E-state index is 6.79. The summed E-state index contributed by atoms with van der Waals surface area (Å²) in [6.45, 7) is 10.8. The molecule has 0 saturated carbocycles. The summed E-state index contributed by atoms with van der Waals surface area (Å²) >= 11 is 0. The number of aryl methyl sites for hydroxylation is 5. The molecule has 11 aromatic rings. The lowest BCUT2D eigenvalue weighted by Gasteiger charge is -2.26. The summed E-state index contributed by atoms with van der Waals surface area (Å²) < 4.78 is 13.5. The predicted molar refractivity (Wildman–Crippen MR) is 249 cm³/mol. The van der Waals surface area contributed by atoms with Gasteiger partial charge in [-0.15, -0.1) is 0 Å². The Morgan fingerprint density at radius 1 is 0.322 bits per heavy atom. The van der Waals surface area contributed by atoms with Gasteiger partial charge >= 0.3 is 0 Å². The van der Waals surface area contributed by atoms with E-state index in [-0.39, 0.29) is 0 Å². The van der Waals surface area contributed by atoms with Crippen LogP contribution in [0.15, 0.2) is 173 Å². The Hall–Kier alpha value is -7.30. The van der Waals surface area contributed by atoms with Crippen molar-refractivity contribution in [3.63, 3.8) is 0 Å². The van der Waals surface area contributed by atoms with Crippen LogP contribution in [0.1, 0.15) is 27.8 Å². The van der Waals surface area contributed by atoms with Gasteiger partial charge in [0.25, 0.3) is 0 Å². The third-order valence-electron chi connectivity index (χ3n) is 11.7. The van der Waals surface area contributed by atoms with Gasteiger partial charge in [-0.25, -0.2) is 0 Å². The highest BCUT2D eigenvalue weighted by molar-refractivity contribution is 6.28. The molecule has 4 nitrogen and oxygen atoms in total. The van der Waals surface area contributed by atoms with Gasteiger partial charge in [0.15, 0.2) is 0 Å². The molecular formula is C55H42N2O2. The molecule has 0 unspecified atom stereocenters. The number of rotatable bonds is 6. The van der Waals surface area contributed by atoms with Gasteiger partial charge < -0.3 is 18.6 Å². The van der Waals surface area contributed by atoms with Crippen LogP contribution < -0.4 is 9.80 Å². The SMILES string of the molecule is Cc1cc(C)cc(N(c2ccccc2)c2ccc3cc4c(cc3c2)oc2cc(C)c3oc5cc6cc(N(c7ccccc7)c7cc(C)cc(C)c7)ccc6cc5c3c24)c1. The molecule has 0 atom stereocenters. The summed E-state index contributed by atoms with van der Waals surface area (Å²) in [4.78, 5) is 4.67. The molecule has 0 amide bonds. The fourth-order valence-electron chi connectivity index (χ4n) is 9.31. The van der Waals surface area contributed by atoms with Gasteiger partial charge in [0.1, 0.15) is 22.3 Å². The molecule has 2 heterocycles. The van der Waals surface area contributed by atoms with E-state index in [2.05, 4.69) is 208 Å². The van der Waals surface area contributed by atoms with Crippen molar-refractivity contribution in [2.24, 2.45) is 0 Å².